The largest absolute Gasteiger partial charge is 0.508 e. The van der Waals surface area contributed by atoms with Gasteiger partial charge in [-0.2, -0.15) is 0 Å². The number of hydrogen-bond donors (Lipinski definition) is 2. The van der Waals surface area contributed by atoms with Crippen LogP contribution in [-0.4, -0.2) is 11.1 Å². The van der Waals surface area contributed by atoms with Gasteiger partial charge in [0.25, 0.3) is 0 Å². The maximum atomic E-state index is 9.82. The fourth-order valence-electron chi connectivity index (χ4n) is 2.85. The lowest BCUT2D eigenvalue weighted by molar-refractivity contribution is 0.400. The van der Waals surface area contributed by atoms with Crippen LogP contribution in [0.3, 0.4) is 0 Å². The van der Waals surface area contributed by atoms with Crippen molar-refractivity contribution in [1.29, 1.82) is 0 Å². The first-order chi connectivity index (χ1) is 8.26. The quantitative estimate of drug-likeness (QED) is 0.815. The van der Waals surface area contributed by atoms with Crippen molar-refractivity contribution in [3.8, 4) is 5.75 Å². The average molecular weight is 233 g/mol. The molecular formula is C15H23NO. The molecule has 0 bridgehead atoms. The van der Waals surface area contributed by atoms with Gasteiger partial charge >= 0.3 is 0 Å². The summed E-state index contributed by atoms with van der Waals surface area (Å²) in [5, 5.41) is 13.6. The standard InChI is InChI=1S/C15H23NO/c1-3-6-11(4-2)16-14-10-9-13-12(14)7-5-8-15(13)17/h5,7-8,11,14,16-17H,3-4,6,9-10H2,1-2H3. The van der Waals surface area contributed by atoms with Gasteiger partial charge in [-0.1, -0.05) is 32.4 Å². The van der Waals surface area contributed by atoms with Gasteiger partial charge in [0, 0.05) is 12.1 Å². The van der Waals surface area contributed by atoms with E-state index in [-0.39, 0.29) is 0 Å². The summed E-state index contributed by atoms with van der Waals surface area (Å²) in [6, 6.07) is 6.95. The normalized spacial score (nSPS) is 20.2. The summed E-state index contributed by atoms with van der Waals surface area (Å²) in [5.41, 5.74) is 2.45. The van der Waals surface area contributed by atoms with Gasteiger partial charge in [-0.25, -0.2) is 0 Å². The molecule has 0 aromatic heterocycles. The van der Waals surface area contributed by atoms with E-state index in [0.717, 1.165) is 18.4 Å². The Kier molecular flexibility index (Phi) is 4.06. The molecule has 0 heterocycles. The number of hydrogen-bond acceptors (Lipinski definition) is 2. The monoisotopic (exact) mass is 233 g/mol. The first kappa shape index (κ1) is 12.4. The Morgan fingerprint density at radius 1 is 1.41 bits per heavy atom. The predicted molar refractivity (Wildman–Crippen MR) is 71.3 cm³/mol. The lowest BCUT2D eigenvalue weighted by atomic mass is 10.0. The van der Waals surface area contributed by atoms with E-state index in [1.807, 2.05) is 6.07 Å². The number of phenolic OH excluding ortho intramolecular Hbond substituents is 1. The number of rotatable bonds is 5. The maximum Gasteiger partial charge on any atom is 0.119 e. The highest BCUT2D eigenvalue weighted by atomic mass is 16.3. The van der Waals surface area contributed by atoms with E-state index in [9.17, 15) is 5.11 Å². The van der Waals surface area contributed by atoms with Crippen LogP contribution in [0.2, 0.25) is 0 Å². The van der Waals surface area contributed by atoms with Crippen molar-refractivity contribution in [2.75, 3.05) is 0 Å². The van der Waals surface area contributed by atoms with Crippen molar-refractivity contribution in [3.05, 3.63) is 29.3 Å². The minimum Gasteiger partial charge on any atom is -0.508 e. The van der Waals surface area contributed by atoms with E-state index in [2.05, 4.69) is 25.2 Å². The molecule has 94 valence electrons. The van der Waals surface area contributed by atoms with Gasteiger partial charge in [0.15, 0.2) is 0 Å². The first-order valence-corrected chi connectivity index (χ1v) is 6.83. The van der Waals surface area contributed by atoms with E-state index in [0.29, 0.717) is 17.8 Å². The summed E-state index contributed by atoms with van der Waals surface area (Å²) in [6.07, 6.45) is 5.76. The molecule has 0 radical (unpaired) electrons. The highest BCUT2D eigenvalue weighted by molar-refractivity contribution is 5.44. The Morgan fingerprint density at radius 3 is 2.94 bits per heavy atom. The molecule has 0 aliphatic heterocycles. The minimum atomic E-state index is 0.439. The van der Waals surface area contributed by atoms with Crippen molar-refractivity contribution in [2.45, 2.75) is 58.0 Å². The zero-order valence-electron chi connectivity index (χ0n) is 10.9. The Hall–Kier alpha value is -1.02. The van der Waals surface area contributed by atoms with Crippen molar-refractivity contribution >= 4 is 0 Å². The van der Waals surface area contributed by atoms with Crippen LogP contribution in [0.15, 0.2) is 18.2 Å². The van der Waals surface area contributed by atoms with Gasteiger partial charge in [0.1, 0.15) is 5.75 Å². The number of benzene rings is 1. The zero-order chi connectivity index (χ0) is 12.3. The molecule has 0 saturated carbocycles. The molecule has 0 amide bonds. The molecule has 0 saturated heterocycles. The van der Waals surface area contributed by atoms with E-state index in [1.54, 1.807) is 6.07 Å². The molecule has 0 spiro atoms. The van der Waals surface area contributed by atoms with Crippen LogP contribution < -0.4 is 5.32 Å². The van der Waals surface area contributed by atoms with Crippen LogP contribution >= 0.6 is 0 Å². The van der Waals surface area contributed by atoms with Gasteiger partial charge < -0.3 is 10.4 Å². The molecule has 2 atom stereocenters. The Balaban J connectivity index is 2.09. The Labute approximate surface area is 104 Å². The third-order valence-corrected chi connectivity index (χ3v) is 3.81. The van der Waals surface area contributed by atoms with Crippen LogP contribution in [0.1, 0.15) is 56.7 Å². The third-order valence-electron chi connectivity index (χ3n) is 3.81. The SMILES string of the molecule is CCCC(CC)NC1CCc2c(O)cccc21. The van der Waals surface area contributed by atoms with Crippen molar-refractivity contribution in [1.82, 2.24) is 5.32 Å². The zero-order valence-corrected chi connectivity index (χ0v) is 10.9. The fraction of sp³-hybridized carbons (Fsp3) is 0.600. The lowest BCUT2D eigenvalue weighted by Gasteiger charge is -2.22. The minimum absolute atomic E-state index is 0.439. The van der Waals surface area contributed by atoms with Crippen LogP contribution in [0.4, 0.5) is 0 Å². The Bertz CT molecular complexity index is 375. The summed E-state index contributed by atoms with van der Waals surface area (Å²) in [4.78, 5) is 0. The molecule has 2 heteroatoms. The van der Waals surface area contributed by atoms with Crippen LogP contribution in [0.25, 0.3) is 0 Å². The summed E-state index contributed by atoms with van der Waals surface area (Å²) in [5.74, 6) is 0.468. The van der Waals surface area contributed by atoms with Gasteiger partial charge in [0.2, 0.25) is 0 Å². The number of aromatic hydroxyl groups is 1. The summed E-state index contributed by atoms with van der Waals surface area (Å²) in [6.45, 7) is 4.48. The van der Waals surface area contributed by atoms with Crippen molar-refractivity contribution < 1.29 is 5.11 Å². The van der Waals surface area contributed by atoms with Crippen molar-refractivity contribution in [2.24, 2.45) is 0 Å². The first-order valence-electron chi connectivity index (χ1n) is 6.83. The number of fused-ring (bicyclic) bond motifs is 1. The molecule has 1 aliphatic rings. The molecule has 1 aliphatic carbocycles. The van der Waals surface area contributed by atoms with E-state index in [4.69, 9.17) is 0 Å². The second-order valence-corrected chi connectivity index (χ2v) is 5.00. The fourth-order valence-corrected chi connectivity index (χ4v) is 2.85. The van der Waals surface area contributed by atoms with Gasteiger partial charge in [-0.3, -0.25) is 0 Å². The summed E-state index contributed by atoms with van der Waals surface area (Å²) >= 11 is 0. The van der Waals surface area contributed by atoms with Gasteiger partial charge in [-0.15, -0.1) is 0 Å². The van der Waals surface area contributed by atoms with E-state index >= 15 is 0 Å². The highest BCUT2D eigenvalue weighted by Crippen LogP contribution is 2.36. The molecule has 17 heavy (non-hydrogen) atoms. The van der Waals surface area contributed by atoms with E-state index < -0.39 is 0 Å². The average Bonchev–Trinajstić information content (AvgIpc) is 2.73. The topological polar surface area (TPSA) is 32.3 Å². The second kappa shape index (κ2) is 5.54. The van der Waals surface area contributed by atoms with E-state index in [1.165, 1.54) is 24.8 Å². The molecule has 2 rings (SSSR count). The highest BCUT2D eigenvalue weighted by Gasteiger charge is 2.25. The smallest absolute Gasteiger partial charge is 0.119 e. The van der Waals surface area contributed by atoms with Gasteiger partial charge in [0.05, 0.1) is 0 Å². The van der Waals surface area contributed by atoms with Gasteiger partial charge in [-0.05, 0) is 42.9 Å². The number of phenols is 1. The molecule has 0 fully saturated rings. The molecule has 2 N–H and O–H groups in total. The molecule has 1 aromatic carbocycles. The van der Waals surface area contributed by atoms with Crippen LogP contribution in [-0.2, 0) is 6.42 Å². The van der Waals surface area contributed by atoms with Crippen molar-refractivity contribution in [3.63, 3.8) is 0 Å². The Morgan fingerprint density at radius 2 is 2.24 bits per heavy atom. The third kappa shape index (κ3) is 2.63. The summed E-state index contributed by atoms with van der Waals surface area (Å²) in [7, 11) is 0. The maximum absolute atomic E-state index is 9.82. The molecule has 2 nitrogen and oxygen atoms in total. The molecular weight excluding hydrogens is 210 g/mol. The second-order valence-electron chi connectivity index (χ2n) is 5.00. The van der Waals surface area contributed by atoms with Crippen LogP contribution in [0.5, 0.6) is 5.75 Å². The summed E-state index contributed by atoms with van der Waals surface area (Å²) < 4.78 is 0. The predicted octanol–water partition coefficient (Wildman–Crippen LogP) is 3.55. The van der Waals surface area contributed by atoms with Crippen LogP contribution in [0, 0.1) is 0 Å². The lowest BCUT2D eigenvalue weighted by Crippen LogP contribution is -2.31. The molecule has 2 unspecified atom stereocenters. The number of nitrogens with one attached hydrogen (secondary N) is 1. The molecule has 1 aromatic rings.